The minimum absolute atomic E-state index is 0.134. The van der Waals surface area contributed by atoms with Crippen molar-refractivity contribution in [2.24, 2.45) is 0 Å². The summed E-state index contributed by atoms with van der Waals surface area (Å²) in [5, 5.41) is 3.90. The van der Waals surface area contributed by atoms with Crippen LogP contribution in [0.4, 0.5) is 0 Å². The summed E-state index contributed by atoms with van der Waals surface area (Å²) in [6, 6.07) is 12.8. The molecular weight excluding hydrogens is 451 g/mol. The third-order valence-corrected chi connectivity index (χ3v) is 6.33. The Morgan fingerprint density at radius 3 is 2.29 bits per heavy atom. The van der Waals surface area contributed by atoms with Crippen LogP contribution in [-0.4, -0.2) is 34.0 Å². The van der Waals surface area contributed by atoms with Crippen molar-refractivity contribution in [3.05, 3.63) is 69.2 Å². The van der Waals surface area contributed by atoms with Crippen LogP contribution in [0.1, 0.15) is 44.4 Å². The zero-order chi connectivity index (χ0) is 23.2. The fourth-order valence-electron chi connectivity index (χ4n) is 3.05. The average molecular weight is 481 g/mol. The molecule has 4 nitrogen and oxygen atoms in total. The predicted octanol–water partition coefficient (Wildman–Crippen LogP) is 5.87. The van der Waals surface area contributed by atoms with E-state index in [0.717, 1.165) is 11.3 Å². The molecule has 168 valence electrons. The molecule has 0 saturated heterocycles. The lowest BCUT2D eigenvalue weighted by atomic mass is 10.1. The quantitative estimate of drug-likeness (QED) is 0.513. The molecule has 2 aromatic carbocycles. The van der Waals surface area contributed by atoms with Gasteiger partial charge < -0.3 is 10.2 Å². The normalized spacial score (nSPS) is 12.4. The van der Waals surface area contributed by atoms with Crippen LogP contribution < -0.4 is 5.32 Å². The van der Waals surface area contributed by atoms with E-state index in [0.29, 0.717) is 15.6 Å². The Hall–Kier alpha value is -1.69. The lowest BCUT2D eigenvalue weighted by Crippen LogP contribution is -2.52. The summed E-state index contributed by atoms with van der Waals surface area (Å²) >= 11 is 14.2. The summed E-state index contributed by atoms with van der Waals surface area (Å²) in [6.07, 6.45) is 0. The molecule has 31 heavy (non-hydrogen) atoms. The van der Waals surface area contributed by atoms with Gasteiger partial charge in [-0.1, -0.05) is 59.1 Å². The summed E-state index contributed by atoms with van der Waals surface area (Å²) in [5.74, 6) is 0.623. The third kappa shape index (κ3) is 8.06. The van der Waals surface area contributed by atoms with Gasteiger partial charge in [-0.25, -0.2) is 0 Å². The molecule has 0 saturated carbocycles. The molecule has 0 aliphatic rings. The first-order chi connectivity index (χ1) is 14.5. The molecule has 1 N–H and O–H groups in total. The summed E-state index contributed by atoms with van der Waals surface area (Å²) < 4.78 is 0. The summed E-state index contributed by atoms with van der Waals surface area (Å²) in [7, 11) is 0. The Balaban J connectivity index is 2.17. The molecule has 0 aromatic heterocycles. The average Bonchev–Trinajstić information content (AvgIpc) is 2.66. The summed E-state index contributed by atoms with van der Waals surface area (Å²) in [5.41, 5.74) is 2.59. The van der Waals surface area contributed by atoms with Crippen LogP contribution in [0, 0.1) is 6.92 Å². The maximum Gasteiger partial charge on any atom is 0.242 e. The van der Waals surface area contributed by atoms with Crippen molar-refractivity contribution in [1.29, 1.82) is 0 Å². The van der Waals surface area contributed by atoms with E-state index in [1.54, 1.807) is 30.0 Å². The van der Waals surface area contributed by atoms with Gasteiger partial charge in [0.1, 0.15) is 6.04 Å². The van der Waals surface area contributed by atoms with Gasteiger partial charge in [-0.3, -0.25) is 9.59 Å². The highest BCUT2D eigenvalue weighted by molar-refractivity contribution is 7.99. The number of aryl methyl sites for hydroxylation is 1. The lowest BCUT2D eigenvalue weighted by molar-refractivity contribution is -0.139. The van der Waals surface area contributed by atoms with Crippen LogP contribution in [0.15, 0.2) is 42.5 Å². The lowest BCUT2D eigenvalue weighted by Gasteiger charge is -2.32. The highest BCUT2D eigenvalue weighted by Crippen LogP contribution is 2.27. The maximum atomic E-state index is 13.2. The Bertz CT molecular complexity index is 908. The van der Waals surface area contributed by atoms with Gasteiger partial charge in [0.25, 0.3) is 0 Å². The van der Waals surface area contributed by atoms with Gasteiger partial charge in [0.2, 0.25) is 11.8 Å². The smallest absolute Gasteiger partial charge is 0.242 e. The number of carbonyl (C=O) groups excluding carboxylic acids is 2. The van der Waals surface area contributed by atoms with Gasteiger partial charge in [-0.2, -0.15) is 0 Å². The van der Waals surface area contributed by atoms with E-state index < -0.39 is 11.6 Å². The number of rotatable bonds is 8. The molecule has 0 fully saturated rings. The topological polar surface area (TPSA) is 49.4 Å². The number of halogens is 2. The van der Waals surface area contributed by atoms with Gasteiger partial charge in [0, 0.05) is 33.4 Å². The number of benzene rings is 2. The van der Waals surface area contributed by atoms with Crippen LogP contribution in [-0.2, 0) is 21.9 Å². The molecule has 0 bridgehead atoms. The van der Waals surface area contributed by atoms with E-state index >= 15 is 0 Å². The minimum Gasteiger partial charge on any atom is -0.350 e. The molecule has 0 aliphatic carbocycles. The molecule has 0 spiro atoms. The van der Waals surface area contributed by atoms with E-state index in [2.05, 4.69) is 11.4 Å². The second-order valence-corrected chi connectivity index (χ2v) is 10.4. The summed E-state index contributed by atoms with van der Waals surface area (Å²) in [6.45, 7) is 9.67. The fraction of sp³-hybridized carbons (Fsp3) is 0.417. The van der Waals surface area contributed by atoms with E-state index in [9.17, 15) is 9.59 Å². The molecule has 0 heterocycles. The van der Waals surface area contributed by atoms with Gasteiger partial charge in [-0.15, -0.1) is 11.8 Å². The fourth-order valence-corrected chi connectivity index (χ4v) is 4.43. The number of hydrogen-bond donors (Lipinski definition) is 1. The van der Waals surface area contributed by atoms with Crippen molar-refractivity contribution in [1.82, 2.24) is 10.2 Å². The molecule has 0 unspecified atom stereocenters. The van der Waals surface area contributed by atoms with Crippen molar-refractivity contribution in [3.63, 3.8) is 0 Å². The number of nitrogens with zero attached hydrogens (tertiary/aromatic N) is 1. The molecule has 0 aliphatic heterocycles. The first-order valence-corrected chi connectivity index (χ1v) is 12.1. The molecule has 1 atom stereocenters. The molecular formula is C24H30Cl2N2O2S. The minimum atomic E-state index is -0.668. The van der Waals surface area contributed by atoms with Crippen molar-refractivity contribution in [3.8, 4) is 0 Å². The molecule has 2 aromatic rings. The number of nitrogens with one attached hydrogen (secondary N) is 1. The highest BCUT2D eigenvalue weighted by Gasteiger charge is 2.29. The van der Waals surface area contributed by atoms with Crippen molar-refractivity contribution >= 4 is 46.8 Å². The van der Waals surface area contributed by atoms with Crippen LogP contribution in [0.2, 0.25) is 10.0 Å². The highest BCUT2D eigenvalue weighted by atomic mass is 35.5. The van der Waals surface area contributed by atoms with Crippen molar-refractivity contribution in [2.45, 2.75) is 58.5 Å². The van der Waals surface area contributed by atoms with E-state index in [4.69, 9.17) is 23.2 Å². The number of thioether (sulfide) groups is 1. The Labute approximate surface area is 199 Å². The second-order valence-electron chi connectivity index (χ2n) is 8.62. The van der Waals surface area contributed by atoms with Crippen LogP contribution in [0.3, 0.4) is 0 Å². The van der Waals surface area contributed by atoms with Gasteiger partial charge >= 0.3 is 0 Å². The van der Waals surface area contributed by atoms with Crippen LogP contribution in [0.5, 0.6) is 0 Å². The SMILES string of the molecule is Cc1cccc(CSCC(=O)N(Cc2c(Cl)cccc2Cl)[C@@H](C)C(=O)NC(C)(C)C)c1. The van der Waals surface area contributed by atoms with E-state index in [1.165, 1.54) is 17.3 Å². The first kappa shape index (κ1) is 25.6. The Kier molecular flexibility index (Phi) is 9.28. The predicted molar refractivity (Wildman–Crippen MR) is 132 cm³/mol. The first-order valence-electron chi connectivity index (χ1n) is 10.2. The Morgan fingerprint density at radius 1 is 1.10 bits per heavy atom. The Morgan fingerprint density at radius 2 is 1.71 bits per heavy atom. The maximum absolute atomic E-state index is 13.2. The standard InChI is InChI=1S/C24H30Cl2N2O2S/c1-16-8-6-9-18(12-16)14-31-15-22(29)28(17(2)23(30)27-24(3,4)5)13-19-20(25)10-7-11-21(19)26/h6-12,17H,13-15H2,1-5H3,(H,27,30)/t17-/m0/s1. The number of carbonyl (C=O) groups is 2. The van der Waals surface area contributed by atoms with E-state index in [1.807, 2.05) is 45.9 Å². The number of hydrogen-bond acceptors (Lipinski definition) is 3. The third-order valence-electron chi connectivity index (χ3n) is 4.63. The van der Waals surface area contributed by atoms with E-state index in [-0.39, 0.29) is 24.1 Å². The number of amides is 2. The monoisotopic (exact) mass is 480 g/mol. The van der Waals surface area contributed by atoms with Crippen molar-refractivity contribution < 1.29 is 9.59 Å². The van der Waals surface area contributed by atoms with Crippen molar-refractivity contribution in [2.75, 3.05) is 5.75 Å². The van der Waals surface area contributed by atoms with Crippen LogP contribution in [0.25, 0.3) is 0 Å². The molecule has 0 radical (unpaired) electrons. The molecule has 2 rings (SSSR count). The summed E-state index contributed by atoms with van der Waals surface area (Å²) in [4.78, 5) is 27.6. The largest absolute Gasteiger partial charge is 0.350 e. The zero-order valence-corrected chi connectivity index (χ0v) is 21.0. The van der Waals surface area contributed by atoms with Crippen LogP contribution >= 0.6 is 35.0 Å². The van der Waals surface area contributed by atoms with Gasteiger partial charge in [0.05, 0.1) is 5.75 Å². The molecule has 2 amide bonds. The van der Waals surface area contributed by atoms with Gasteiger partial charge in [0.15, 0.2) is 0 Å². The van der Waals surface area contributed by atoms with Gasteiger partial charge in [-0.05, 0) is 52.3 Å². The second kappa shape index (κ2) is 11.3. The zero-order valence-electron chi connectivity index (χ0n) is 18.7. The molecule has 7 heteroatoms.